The summed E-state index contributed by atoms with van der Waals surface area (Å²) in [5.41, 5.74) is 4.10. The van der Waals surface area contributed by atoms with Crippen LogP contribution in [0.4, 0.5) is 11.4 Å². The summed E-state index contributed by atoms with van der Waals surface area (Å²) in [6.07, 6.45) is 0. The van der Waals surface area contributed by atoms with Gasteiger partial charge in [0, 0.05) is 12.6 Å². The van der Waals surface area contributed by atoms with E-state index in [1.807, 2.05) is 50.2 Å². The highest BCUT2D eigenvalue weighted by atomic mass is 35.5. The van der Waals surface area contributed by atoms with E-state index in [1.54, 1.807) is 0 Å². The Hall–Kier alpha value is -2.33. The van der Waals surface area contributed by atoms with Gasteiger partial charge in [0.25, 0.3) is 0 Å². The van der Waals surface area contributed by atoms with E-state index >= 15 is 0 Å². The fraction of sp³-hybridized carbons (Fsp3) is 0.364. The Morgan fingerprint density at radius 2 is 1.74 bits per heavy atom. The van der Waals surface area contributed by atoms with Gasteiger partial charge in [0.2, 0.25) is 11.8 Å². The number of carbonyl (C=O) groups excluding carboxylic acids is 2. The molecule has 144 valence electrons. The molecule has 27 heavy (non-hydrogen) atoms. The van der Waals surface area contributed by atoms with Crippen molar-refractivity contribution in [3.63, 3.8) is 0 Å². The van der Waals surface area contributed by atoms with Crippen LogP contribution in [0.2, 0.25) is 5.02 Å². The standard InChI is InChI=1S/C22H27ClN2O2/c1-14-11-15(2)21(18(23)12-14)24-20(27)13-25(16(3)26)19-10-8-7-9-17(19)22(4,5)6/h7-12H,13H2,1-6H3,(H,24,27). The van der Waals surface area contributed by atoms with Crippen LogP contribution >= 0.6 is 11.6 Å². The molecule has 0 aliphatic heterocycles. The number of benzene rings is 2. The molecule has 2 aromatic carbocycles. The molecule has 0 atom stereocenters. The van der Waals surface area contributed by atoms with E-state index < -0.39 is 0 Å². The van der Waals surface area contributed by atoms with Crippen molar-refractivity contribution in [3.05, 3.63) is 58.1 Å². The maximum Gasteiger partial charge on any atom is 0.244 e. The molecular weight excluding hydrogens is 360 g/mol. The average molecular weight is 387 g/mol. The van der Waals surface area contributed by atoms with Gasteiger partial charge in [0.15, 0.2) is 0 Å². The summed E-state index contributed by atoms with van der Waals surface area (Å²) in [5, 5.41) is 3.35. The Balaban J connectivity index is 2.31. The molecular formula is C22H27ClN2O2. The molecule has 2 amide bonds. The molecule has 2 rings (SSSR count). The first kappa shape index (κ1) is 21.0. The van der Waals surface area contributed by atoms with Crippen molar-refractivity contribution in [3.8, 4) is 0 Å². The lowest BCUT2D eigenvalue weighted by Gasteiger charge is -2.29. The Kier molecular flexibility index (Phi) is 6.32. The second-order valence-corrected chi connectivity index (χ2v) is 8.27. The van der Waals surface area contributed by atoms with Crippen molar-refractivity contribution >= 4 is 34.8 Å². The highest BCUT2D eigenvalue weighted by Crippen LogP contribution is 2.32. The van der Waals surface area contributed by atoms with Crippen LogP contribution in [0.25, 0.3) is 0 Å². The third-order valence-electron chi connectivity index (χ3n) is 4.38. The highest BCUT2D eigenvalue weighted by Gasteiger charge is 2.24. The minimum Gasteiger partial charge on any atom is -0.323 e. The quantitative estimate of drug-likeness (QED) is 0.780. The molecule has 5 heteroatoms. The number of halogens is 1. The molecule has 0 spiro atoms. The van der Waals surface area contributed by atoms with E-state index in [0.717, 1.165) is 22.4 Å². The molecule has 0 saturated heterocycles. The van der Waals surface area contributed by atoms with Crippen LogP contribution in [0.3, 0.4) is 0 Å². The van der Waals surface area contributed by atoms with Crippen LogP contribution < -0.4 is 10.2 Å². The van der Waals surface area contributed by atoms with E-state index in [4.69, 9.17) is 11.6 Å². The van der Waals surface area contributed by atoms with Crippen molar-refractivity contribution in [1.29, 1.82) is 0 Å². The van der Waals surface area contributed by atoms with Gasteiger partial charge in [-0.05, 0) is 48.1 Å². The second-order valence-electron chi connectivity index (χ2n) is 7.86. The van der Waals surface area contributed by atoms with Gasteiger partial charge in [0.05, 0.1) is 10.7 Å². The largest absolute Gasteiger partial charge is 0.323 e. The van der Waals surface area contributed by atoms with Crippen LogP contribution in [-0.4, -0.2) is 18.4 Å². The molecule has 0 bridgehead atoms. The predicted molar refractivity (Wildman–Crippen MR) is 113 cm³/mol. The highest BCUT2D eigenvalue weighted by molar-refractivity contribution is 6.34. The Bertz CT molecular complexity index is 846. The number of anilines is 2. The van der Waals surface area contributed by atoms with E-state index in [1.165, 1.54) is 11.8 Å². The number of carbonyl (C=O) groups is 2. The number of aryl methyl sites for hydroxylation is 2. The Morgan fingerprint density at radius 1 is 1.11 bits per heavy atom. The number of rotatable bonds is 4. The first-order valence-electron chi connectivity index (χ1n) is 8.95. The summed E-state index contributed by atoms with van der Waals surface area (Å²) in [7, 11) is 0. The zero-order valence-electron chi connectivity index (χ0n) is 16.8. The monoisotopic (exact) mass is 386 g/mol. The summed E-state index contributed by atoms with van der Waals surface area (Å²) < 4.78 is 0. The summed E-state index contributed by atoms with van der Waals surface area (Å²) in [4.78, 5) is 26.5. The Labute approximate surface area is 166 Å². The minimum absolute atomic E-state index is 0.0773. The van der Waals surface area contributed by atoms with Crippen LogP contribution in [0.1, 0.15) is 44.4 Å². The Morgan fingerprint density at radius 3 is 2.30 bits per heavy atom. The lowest BCUT2D eigenvalue weighted by Crippen LogP contribution is -2.38. The zero-order valence-corrected chi connectivity index (χ0v) is 17.6. The van der Waals surface area contributed by atoms with Crippen molar-refractivity contribution in [2.75, 3.05) is 16.8 Å². The molecule has 1 N–H and O–H groups in total. The number of nitrogens with zero attached hydrogens (tertiary/aromatic N) is 1. The van der Waals surface area contributed by atoms with Gasteiger partial charge >= 0.3 is 0 Å². The van der Waals surface area contributed by atoms with Crippen molar-refractivity contribution < 1.29 is 9.59 Å². The maximum absolute atomic E-state index is 12.7. The van der Waals surface area contributed by atoms with Gasteiger partial charge in [-0.25, -0.2) is 0 Å². The molecule has 0 aliphatic carbocycles. The molecule has 0 aliphatic rings. The first-order valence-corrected chi connectivity index (χ1v) is 9.32. The van der Waals surface area contributed by atoms with Gasteiger partial charge in [-0.2, -0.15) is 0 Å². The summed E-state index contributed by atoms with van der Waals surface area (Å²) in [5.74, 6) is -0.476. The zero-order chi connectivity index (χ0) is 20.4. The first-order chi connectivity index (χ1) is 12.5. The van der Waals surface area contributed by atoms with Crippen molar-refractivity contribution in [2.45, 2.75) is 47.0 Å². The third-order valence-corrected chi connectivity index (χ3v) is 4.68. The lowest BCUT2D eigenvalue weighted by molar-refractivity contribution is -0.120. The molecule has 0 heterocycles. The number of hydrogen-bond acceptors (Lipinski definition) is 2. The SMILES string of the molecule is CC(=O)N(CC(=O)Nc1c(C)cc(C)cc1Cl)c1ccccc1C(C)(C)C. The van der Waals surface area contributed by atoms with E-state index in [0.29, 0.717) is 10.7 Å². The van der Waals surface area contributed by atoms with Gasteiger partial charge in [-0.15, -0.1) is 0 Å². The van der Waals surface area contributed by atoms with Crippen LogP contribution in [0, 0.1) is 13.8 Å². The number of hydrogen-bond donors (Lipinski definition) is 1. The molecule has 0 unspecified atom stereocenters. The average Bonchev–Trinajstić information content (AvgIpc) is 2.55. The van der Waals surface area contributed by atoms with E-state index in [-0.39, 0.29) is 23.8 Å². The van der Waals surface area contributed by atoms with E-state index in [2.05, 4.69) is 26.1 Å². The fourth-order valence-corrected chi connectivity index (χ4v) is 3.47. The topological polar surface area (TPSA) is 49.4 Å². The van der Waals surface area contributed by atoms with Gasteiger partial charge < -0.3 is 10.2 Å². The number of para-hydroxylation sites is 1. The normalized spacial score (nSPS) is 11.2. The third kappa shape index (κ3) is 5.10. The molecule has 4 nitrogen and oxygen atoms in total. The lowest BCUT2D eigenvalue weighted by atomic mass is 9.85. The van der Waals surface area contributed by atoms with Crippen molar-refractivity contribution in [2.24, 2.45) is 0 Å². The van der Waals surface area contributed by atoms with Gasteiger partial charge in [-0.3, -0.25) is 9.59 Å². The van der Waals surface area contributed by atoms with Crippen LogP contribution in [0.15, 0.2) is 36.4 Å². The fourth-order valence-electron chi connectivity index (χ4n) is 3.11. The minimum atomic E-state index is -0.289. The molecule has 2 aromatic rings. The molecule has 0 fully saturated rings. The van der Waals surface area contributed by atoms with Gasteiger partial charge in [0.1, 0.15) is 6.54 Å². The summed E-state index contributed by atoms with van der Waals surface area (Å²) in [6.45, 7) is 11.5. The van der Waals surface area contributed by atoms with Crippen molar-refractivity contribution in [1.82, 2.24) is 0 Å². The number of nitrogens with one attached hydrogen (secondary N) is 1. The summed E-state index contributed by atoms with van der Waals surface area (Å²) in [6, 6.07) is 11.4. The number of amides is 2. The smallest absolute Gasteiger partial charge is 0.244 e. The molecule has 0 radical (unpaired) electrons. The second kappa shape index (κ2) is 8.13. The predicted octanol–water partition coefficient (Wildman–Crippen LogP) is 5.25. The summed E-state index contributed by atoms with van der Waals surface area (Å²) >= 11 is 6.28. The van der Waals surface area contributed by atoms with Gasteiger partial charge in [-0.1, -0.05) is 56.6 Å². The van der Waals surface area contributed by atoms with Crippen LogP contribution in [-0.2, 0) is 15.0 Å². The maximum atomic E-state index is 12.7. The van der Waals surface area contributed by atoms with Crippen LogP contribution in [0.5, 0.6) is 0 Å². The van der Waals surface area contributed by atoms with E-state index in [9.17, 15) is 9.59 Å². The molecule has 0 saturated carbocycles. The molecule has 0 aromatic heterocycles.